The number of anilines is 1. The highest BCUT2D eigenvalue weighted by Gasteiger charge is 2.23. The second-order valence-electron chi connectivity index (χ2n) is 4.30. The zero-order valence-electron chi connectivity index (χ0n) is 11.1. The molecule has 7 nitrogen and oxygen atoms in total. The van der Waals surface area contributed by atoms with Gasteiger partial charge in [-0.3, -0.25) is 20.0 Å². The lowest BCUT2D eigenvalue weighted by molar-refractivity contribution is -0.385. The molecule has 2 rings (SSSR count). The van der Waals surface area contributed by atoms with E-state index in [1.54, 1.807) is 25.3 Å². The molecule has 1 amide bonds. The summed E-state index contributed by atoms with van der Waals surface area (Å²) in [5.74, 6) is -0.0520. The van der Waals surface area contributed by atoms with Crippen molar-refractivity contribution in [2.75, 3.05) is 5.32 Å². The number of amides is 1. The molecule has 2 aromatic rings. The van der Waals surface area contributed by atoms with Crippen LogP contribution in [0, 0.1) is 17.0 Å². The van der Waals surface area contributed by atoms with Gasteiger partial charge in [0.2, 0.25) is 0 Å². The summed E-state index contributed by atoms with van der Waals surface area (Å²) in [5, 5.41) is 20.2. The van der Waals surface area contributed by atoms with Gasteiger partial charge >= 0.3 is 0 Å². The number of aromatic amines is 1. The Balaban J connectivity index is 2.37. The average Bonchev–Trinajstić information content (AvgIpc) is 2.85. The Labute approximate surface area is 115 Å². The normalized spacial score (nSPS) is 10.3. The fourth-order valence-electron chi connectivity index (χ4n) is 1.96. The van der Waals surface area contributed by atoms with Gasteiger partial charge in [-0.2, -0.15) is 5.10 Å². The number of carbonyl (C=O) groups is 1. The van der Waals surface area contributed by atoms with Crippen molar-refractivity contribution in [2.45, 2.75) is 20.3 Å². The number of nitro benzene ring substituents is 1. The first-order valence-electron chi connectivity index (χ1n) is 6.12. The van der Waals surface area contributed by atoms with Crippen molar-refractivity contribution in [3.63, 3.8) is 0 Å². The standard InChI is InChI=1S/C13H14N4O3/c1-3-9-7-14-16-12(9)15-13(18)11-8(2)5-4-6-10(11)17(19)20/h4-7H,3H2,1-2H3,(H2,14,15,16,18). The first kappa shape index (κ1) is 13.7. The summed E-state index contributed by atoms with van der Waals surface area (Å²) in [6.07, 6.45) is 2.31. The molecule has 2 N–H and O–H groups in total. The Morgan fingerprint density at radius 2 is 2.25 bits per heavy atom. The molecule has 0 aliphatic heterocycles. The van der Waals surface area contributed by atoms with E-state index < -0.39 is 10.8 Å². The largest absolute Gasteiger partial charge is 0.306 e. The number of hydrogen-bond donors (Lipinski definition) is 2. The van der Waals surface area contributed by atoms with Crippen molar-refractivity contribution in [1.29, 1.82) is 0 Å². The zero-order chi connectivity index (χ0) is 14.7. The van der Waals surface area contributed by atoms with E-state index in [0.29, 0.717) is 17.8 Å². The number of nitrogens with one attached hydrogen (secondary N) is 2. The first-order chi connectivity index (χ1) is 9.54. The van der Waals surface area contributed by atoms with E-state index in [2.05, 4.69) is 15.5 Å². The van der Waals surface area contributed by atoms with Gasteiger partial charge in [0.05, 0.1) is 11.1 Å². The van der Waals surface area contributed by atoms with Crippen molar-refractivity contribution < 1.29 is 9.72 Å². The summed E-state index contributed by atoms with van der Waals surface area (Å²) < 4.78 is 0. The molecule has 0 spiro atoms. The summed E-state index contributed by atoms with van der Waals surface area (Å²) in [5.41, 5.74) is 1.25. The number of nitro groups is 1. The molecular weight excluding hydrogens is 260 g/mol. The van der Waals surface area contributed by atoms with Crippen molar-refractivity contribution in [3.8, 4) is 0 Å². The highest BCUT2D eigenvalue weighted by molar-refractivity contribution is 6.07. The SMILES string of the molecule is CCc1cn[nH]c1NC(=O)c1c(C)cccc1[N+](=O)[O-]. The van der Waals surface area contributed by atoms with Crippen molar-refractivity contribution >= 4 is 17.4 Å². The van der Waals surface area contributed by atoms with E-state index in [1.807, 2.05) is 6.92 Å². The lowest BCUT2D eigenvalue weighted by atomic mass is 10.1. The highest BCUT2D eigenvalue weighted by Crippen LogP contribution is 2.23. The number of nitrogens with zero attached hydrogens (tertiary/aromatic N) is 2. The van der Waals surface area contributed by atoms with Crippen molar-refractivity contribution in [3.05, 3.63) is 51.2 Å². The van der Waals surface area contributed by atoms with E-state index in [9.17, 15) is 14.9 Å². The minimum absolute atomic E-state index is 0.0640. The third kappa shape index (κ3) is 2.51. The average molecular weight is 274 g/mol. The fourth-order valence-corrected chi connectivity index (χ4v) is 1.96. The van der Waals surface area contributed by atoms with Gasteiger partial charge in [-0.1, -0.05) is 19.1 Å². The van der Waals surface area contributed by atoms with Crippen LogP contribution >= 0.6 is 0 Å². The number of hydrogen-bond acceptors (Lipinski definition) is 4. The molecule has 0 radical (unpaired) electrons. The lowest BCUT2D eigenvalue weighted by Gasteiger charge is -2.07. The number of benzene rings is 1. The second-order valence-corrected chi connectivity index (χ2v) is 4.30. The maximum atomic E-state index is 12.3. The van der Waals surface area contributed by atoms with Crippen LogP contribution in [0.3, 0.4) is 0 Å². The molecule has 20 heavy (non-hydrogen) atoms. The van der Waals surface area contributed by atoms with Gasteiger partial charge < -0.3 is 5.32 Å². The van der Waals surface area contributed by atoms with Crippen LogP contribution in [0.2, 0.25) is 0 Å². The third-order valence-electron chi connectivity index (χ3n) is 3.01. The van der Waals surface area contributed by atoms with Gasteiger partial charge in [-0.15, -0.1) is 0 Å². The molecular formula is C13H14N4O3. The number of rotatable bonds is 4. The summed E-state index contributed by atoms with van der Waals surface area (Å²) in [6, 6.07) is 4.53. The number of carbonyl (C=O) groups excluding carboxylic acids is 1. The van der Waals surface area contributed by atoms with E-state index in [1.165, 1.54) is 6.07 Å². The number of aromatic nitrogens is 2. The molecule has 0 unspecified atom stereocenters. The van der Waals surface area contributed by atoms with Gasteiger partial charge in [0.25, 0.3) is 11.6 Å². The summed E-state index contributed by atoms with van der Waals surface area (Å²) in [4.78, 5) is 22.7. The Bertz CT molecular complexity index is 663. The molecule has 1 aromatic carbocycles. The predicted octanol–water partition coefficient (Wildman–Crippen LogP) is 2.44. The Kier molecular flexibility index (Phi) is 3.79. The monoisotopic (exact) mass is 274 g/mol. The molecule has 7 heteroatoms. The quantitative estimate of drug-likeness (QED) is 0.660. The van der Waals surface area contributed by atoms with Crippen molar-refractivity contribution in [2.24, 2.45) is 0 Å². The van der Waals surface area contributed by atoms with Crippen LogP contribution in [-0.2, 0) is 6.42 Å². The Morgan fingerprint density at radius 1 is 1.50 bits per heavy atom. The summed E-state index contributed by atoms with van der Waals surface area (Å²) >= 11 is 0. The van der Waals surface area contributed by atoms with Gasteiger partial charge in [0.1, 0.15) is 11.4 Å². The maximum Gasteiger partial charge on any atom is 0.282 e. The fraction of sp³-hybridized carbons (Fsp3) is 0.231. The molecule has 0 saturated heterocycles. The highest BCUT2D eigenvalue weighted by atomic mass is 16.6. The minimum Gasteiger partial charge on any atom is -0.306 e. The molecule has 0 aliphatic carbocycles. The smallest absolute Gasteiger partial charge is 0.282 e. The topological polar surface area (TPSA) is 101 Å². The molecule has 0 fully saturated rings. The van der Waals surface area contributed by atoms with Gasteiger partial charge in [-0.25, -0.2) is 0 Å². The first-order valence-corrected chi connectivity index (χ1v) is 6.12. The number of H-pyrrole nitrogens is 1. The second kappa shape index (κ2) is 5.52. The number of aryl methyl sites for hydroxylation is 2. The van der Waals surface area contributed by atoms with E-state index in [4.69, 9.17) is 0 Å². The van der Waals surface area contributed by atoms with Gasteiger partial charge in [-0.05, 0) is 18.9 Å². The van der Waals surface area contributed by atoms with Crippen LogP contribution in [0.1, 0.15) is 28.4 Å². The van der Waals surface area contributed by atoms with Gasteiger partial charge in [0.15, 0.2) is 0 Å². The molecule has 1 heterocycles. The van der Waals surface area contributed by atoms with Crippen LogP contribution < -0.4 is 5.32 Å². The molecule has 0 aliphatic rings. The van der Waals surface area contributed by atoms with E-state index >= 15 is 0 Å². The molecule has 0 saturated carbocycles. The minimum atomic E-state index is -0.560. The predicted molar refractivity (Wildman–Crippen MR) is 73.8 cm³/mol. The maximum absolute atomic E-state index is 12.3. The van der Waals surface area contributed by atoms with E-state index in [0.717, 1.165) is 5.56 Å². The zero-order valence-corrected chi connectivity index (χ0v) is 11.1. The van der Waals surface area contributed by atoms with Crippen LogP contribution in [0.5, 0.6) is 0 Å². The molecule has 0 atom stereocenters. The van der Waals surface area contributed by atoms with Crippen molar-refractivity contribution in [1.82, 2.24) is 10.2 Å². The van der Waals surface area contributed by atoms with Crippen LogP contribution in [0.4, 0.5) is 11.5 Å². The Morgan fingerprint density at radius 3 is 2.90 bits per heavy atom. The molecule has 1 aromatic heterocycles. The third-order valence-corrected chi connectivity index (χ3v) is 3.01. The van der Waals surface area contributed by atoms with Crippen LogP contribution in [0.15, 0.2) is 24.4 Å². The lowest BCUT2D eigenvalue weighted by Crippen LogP contribution is -2.16. The Hall–Kier alpha value is -2.70. The van der Waals surface area contributed by atoms with Crippen LogP contribution in [0.25, 0.3) is 0 Å². The molecule has 0 bridgehead atoms. The summed E-state index contributed by atoms with van der Waals surface area (Å²) in [6.45, 7) is 3.59. The molecule has 104 valence electrons. The van der Waals surface area contributed by atoms with Gasteiger partial charge in [0, 0.05) is 11.6 Å². The van der Waals surface area contributed by atoms with E-state index in [-0.39, 0.29) is 11.3 Å². The summed E-state index contributed by atoms with van der Waals surface area (Å²) in [7, 11) is 0. The van der Waals surface area contributed by atoms with Crippen LogP contribution in [-0.4, -0.2) is 21.0 Å².